The Labute approximate surface area is 77.9 Å². The lowest BCUT2D eigenvalue weighted by Gasteiger charge is -2.15. The third-order valence-corrected chi connectivity index (χ3v) is 2.10. The zero-order valence-corrected chi connectivity index (χ0v) is 8.16. The van der Waals surface area contributed by atoms with Crippen molar-refractivity contribution in [1.29, 1.82) is 0 Å². The van der Waals surface area contributed by atoms with Crippen LogP contribution >= 0.6 is 0 Å². The highest BCUT2D eigenvalue weighted by molar-refractivity contribution is 5.06. The molecule has 0 aliphatic carbocycles. The normalized spacial score (nSPS) is 11.1. The van der Waals surface area contributed by atoms with E-state index in [1.807, 2.05) is 0 Å². The van der Waals surface area contributed by atoms with E-state index < -0.39 is 0 Å². The van der Waals surface area contributed by atoms with Gasteiger partial charge in [0, 0.05) is 13.1 Å². The molecule has 0 saturated carbocycles. The van der Waals surface area contributed by atoms with Gasteiger partial charge in [0.05, 0.1) is 0 Å². The second-order valence-corrected chi connectivity index (χ2v) is 2.82. The van der Waals surface area contributed by atoms with Gasteiger partial charge in [-0.1, -0.05) is 24.2 Å². The van der Waals surface area contributed by atoms with E-state index in [1.165, 1.54) is 0 Å². The minimum Gasteiger partial charge on any atom is -0.325 e. The first-order chi connectivity index (χ1) is 6.31. The minimum absolute atomic E-state index is 0.389. The van der Waals surface area contributed by atoms with Gasteiger partial charge < -0.3 is 5.73 Å². The number of hydrogen-bond donors (Lipinski definition) is 1. The minimum atomic E-state index is 0.389. The molecular weight excluding hydrogens is 168 g/mol. The van der Waals surface area contributed by atoms with Crippen molar-refractivity contribution in [1.82, 2.24) is 15.2 Å². The maximum absolute atomic E-state index is 5.47. The van der Waals surface area contributed by atoms with Crippen LogP contribution in [0.2, 0.25) is 0 Å². The Morgan fingerprint density at radius 1 is 1.23 bits per heavy atom. The number of nitrogens with two attached hydrogens (primary N) is 1. The van der Waals surface area contributed by atoms with Crippen molar-refractivity contribution in [2.45, 2.75) is 26.9 Å². The molecule has 2 N–H and O–H groups in total. The van der Waals surface area contributed by atoms with Gasteiger partial charge in [-0.15, -0.1) is 0 Å². The largest absolute Gasteiger partial charge is 0.325 e. The molecule has 1 aromatic rings. The van der Waals surface area contributed by atoms with E-state index in [1.54, 1.807) is 0 Å². The summed E-state index contributed by atoms with van der Waals surface area (Å²) in [5.74, 6) is 0. The molecule has 1 aromatic heterocycles. The Morgan fingerprint density at radius 3 is 2.38 bits per heavy atom. The fraction of sp³-hybridized carbons (Fsp3) is 0.750. The Bertz CT molecular complexity index is 244. The monoisotopic (exact) mass is 184 g/mol. The first kappa shape index (κ1) is 10.1. The second kappa shape index (κ2) is 4.94. The average Bonchev–Trinajstić information content (AvgIpc) is 2.61. The smallest absolute Gasteiger partial charge is 0.123 e. The van der Waals surface area contributed by atoms with Crippen molar-refractivity contribution in [3.8, 4) is 0 Å². The quantitative estimate of drug-likeness (QED) is 0.716. The molecule has 1 rings (SSSR count). The maximum atomic E-state index is 5.47. The van der Waals surface area contributed by atoms with Crippen molar-refractivity contribution in [3.63, 3.8) is 0 Å². The molecule has 0 bridgehead atoms. The number of hydrogen-bond acceptors (Lipinski definition) is 5. The molecule has 0 aromatic carbocycles. The Balaban J connectivity index is 2.61. The molecule has 5 nitrogen and oxygen atoms in total. The third kappa shape index (κ3) is 2.50. The molecular formula is C8H16N4O. The molecule has 0 amide bonds. The first-order valence-electron chi connectivity index (χ1n) is 4.54. The van der Waals surface area contributed by atoms with Crippen LogP contribution < -0.4 is 5.73 Å². The summed E-state index contributed by atoms with van der Waals surface area (Å²) in [6.45, 7) is 7.36. The Kier molecular flexibility index (Phi) is 3.85. The van der Waals surface area contributed by atoms with Gasteiger partial charge in [-0.2, -0.15) is 0 Å². The maximum Gasteiger partial charge on any atom is 0.123 e. The molecule has 0 spiro atoms. The molecule has 5 heteroatoms. The summed E-state index contributed by atoms with van der Waals surface area (Å²) in [6, 6.07) is 0. The third-order valence-electron chi connectivity index (χ3n) is 2.10. The van der Waals surface area contributed by atoms with Gasteiger partial charge in [0.15, 0.2) is 0 Å². The summed E-state index contributed by atoms with van der Waals surface area (Å²) < 4.78 is 4.62. The molecule has 0 saturated heterocycles. The predicted octanol–water partition coefficient (Wildman–Crippen LogP) is 0.370. The van der Waals surface area contributed by atoms with Crippen LogP contribution in [-0.4, -0.2) is 28.3 Å². The SMILES string of the molecule is CCN(CC)Cc1nonc1CN. The molecule has 0 aliphatic rings. The van der Waals surface area contributed by atoms with Crippen LogP contribution in [-0.2, 0) is 13.1 Å². The lowest BCUT2D eigenvalue weighted by molar-refractivity contribution is 0.269. The topological polar surface area (TPSA) is 68.2 Å². The van der Waals surface area contributed by atoms with Gasteiger partial charge in [0.1, 0.15) is 11.4 Å². The molecule has 13 heavy (non-hydrogen) atoms. The van der Waals surface area contributed by atoms with Gasteiger partial charge in [-0.25, -0.2) is 4.63 Å². The molecule has 1 heterocycles. The van der Waals surface area contributed by atoms with Crippen molar-refractivity contribution in [2.75, 3.05) is 13.1 Å². The van der Waals surface area contributed by atoms with Crippen LogP contribution in [0.5, 0.6) is 0 Å². The van der Waals surface area contributed by atoms with E-state index in [0.29, 0.717) is 6.54 Å². The summed E-state index contributed by atoms with van der Waals surface area (Å²) in [5.41, 5.74) is 7.08. The zero-order valence-electron chi connectivity index (χ0n) is 8.16. The van der Waals surface area contributed by atoms with Gasteiger partial charge in [-0.05, 0) is 13.1 Å². The van der Waals surface area contributed by atoms with E-state index in [4.69, 9.17) is 5.73 Å². The lowest BCUT2D eigenvalue weighted by Crippen LogP contribution is -2.23. The van der Waals surface area contributed by atoms with Crippen LogP contribution in [0.1, 0.15) is 25.2 Å². The van der Waals surface area contributed by atoms with Crippen LogP contribution in [0.15, 0.2) is 4.63 Å². The van der Waals surface area contributed by atoms with Crippen LogP contribution in [0, 0.1) is 0 Å². The lowest BCUT2D eigenvalue weighted by atomic mass is 10.3. The van der Waals surface area contributed by atoms with Crippen LogP contribution in [0.4, 0.5) is 0 Å². The highest BCUT2D eigenvalue weighted by atomic mass is 16.6. The molecule has 74 valence electrons. The zero-order chi connectivity index (χ0) is 9.68. The number of aromatic nitrogens is 2. The number of rotatable bonds is 5. The van der Waals surface area contributed by atoms with Crippen molar-refractivity contribution in [2.24, 2.45) is 5.73 Å². The van der Waals surface area contributed by atoms with E-state index in [2.05, 4.69) is 33.7 Å². The summed E-state index contributed by atoms with van der Waals surface area (Å²) in [4.78, 5) is 2.23. The highest BCUT2D eigenvalue weighted by Crippen LogP contribution is 2.05. The average molecular weight is 184 g/mol. The number of nitrogens with zero attached hydrogens (tertiary/aromatic N) is 3. The second-order valence-electron chi connectivity index (χ2n) is 2.82. The van der Waals surface area contributed by atoms with Crippen molar-refractivity contribution >= 4 is 0 Å². The van der Waals surface area contributed by atoms with E-state index >= 15 is 0 Å². The molecule has 0 aliphatic heterocycles. The van der Waals surface area contributed by atoms with Crippen molar-refractivity contribution in [3.05, 3.63) is 11.4 Å². The summed E-state index contributed by atoms with van der Waals surface area (Å²) in [5, 5.41) is 7.53. The van der Waals surface area contributed by atoms with E-state index in [9.17, 15) is 0 Å². The molecule has 0 atom stereocenters. The molecule has 0 radical (unpaired) electrons. The summed E-state index contributed by atoms with van der Waals surface area (Å²) in [7, 11) is 0. The first-order valence-corrected chi connectivity index (χ1v) is 4.54. The predicted molar refractivity (Wildman–Crippen MR) is 48.8 cm³/mol. The highest BCUT2D eigenvalue weighted by Gasteiger charge is 2.10. The molecule has 0 unspecified atom stereocenters. The van der Waals surface area contributed by atoms with Gasteiger partial charge in [0.2, 0.25) is 0 Å². The van der Waals surface area contributed by atoms with E-state index in [-0.39, 0.29) is 0 Å². The van der Waals surface area contributed by atoms with Gasteiger partial charge in [-0.3, -0.25) is 4.90 Å². The Hall–Kier alpha value is -0.940. The van der Waals surface area contributed by atoms with Gasteiger partial charge in [0.25, 0.3) is 0 Å². The van der Waals surface area contributed by atoms with Gasteiger partial charge >= 0.3 is 0 Å². The van der Waals surface area contributed by atoms with Crippen LogP contribution in [0.3, 0.4) is 0 Å². The Morgan fingerprint density at radius 2 is 1.85 bits per heavy atom. The summed E-state index contributed by atoms with van der Waals surface area (Å²) in [6.07, 6.45) is 0. The fourth-order valence-electron chi connectivity index (χ4n) is 1.16. The fourth-order valence-corrected chi connectivity index (χ4v) is 1.16. The summed E-state index contributed by atoms with van der Waals surface area (Å²) >= 11 is 0. The standard InChI is InChI=1S/C8H16N4O/c1-3-12(4-2)6-8-7(5-9)10-13-11-8/h3-6,9H2,1-2H3. The van der Waals surface area contributed by atoms with E-state index in [0.717, 1.165) is 31.0 Å². The van der Waals surface area contributed by atoms with Crippen molar-refractivity contribution < 1.29 is 4.63 Å². The molecule has 0 fully saturated rings. The van der Waals surface area contributed by atoms with Crippen LogP contribution in [0.25, 0.3) is 0 Å².